The van der Waals surface area contributed by atoms with Crippen molar-refractivity contribution >= 4 is 33.8 Å². The van der Waals surface area contributed by atoms with E-state index < -0.39 is 4.92 Å². The first-order chi connectivity index (χ1) is 15.9. The fraction of sp³-hybridized carbons (Fsp3) is 0.320. The summed E-state index contributed by atoms with van der Waals surface area (Å²) in [5, 5.41) is 14.8. The standard InChI is InChI=1S/C25H26N2O6/c1-4-32-22-14-23-19(17-7-5-6-8-21(17)33-23)13-18(22)15(2)11-25(28)26-20-10-9-16(27(29)30)12-24(20)31-3/h9-14H,4-8H2,1-3H3,(H,26,28)/b15-11+. The van der Waals surface area contributed by atoms with Gasteiger partial charge in [-0.05, 0) is 50.8 Å². The number of non-ortho nitro benzene ring substituents is 1. The Morgan fingerprint density at radius 1 is 1.21 bits per heavy atom. The van der Waals surface area contributed by atoms with Gasteiger partial charge in [-0.2, -0.15) is 0 Å². The number of allylic oxidation sites excluding steroid dienone is 1. The Labute approximate surface area is 191 Å². The first kappa shape index (κ1) is 22.4. The second-order valence-corrected chi connectivity index (χ2v) is 7.95. The molecule has 172 valence electrons. The number of nitro benzene ring substituents is 1. The molecule has 0 bridgehead atoms. The number of nitrogens with one attached hydrogen (secondary N) is 1. The van der Waals surface area contributed by atoms with Crippen LogP contribution in [-0.2, 0) is 17.6 Å². The fourth-order valence-corrected chi connectivity index (χ4v) is 4.21. The Kier molecular flexibility index (Phi) is 6.35. The smallest absolute Gasteiger partial charge is 0.273 e. The van der Waals surface area contributed by atoms with Crippen LogP contribution in [0, 0.1) is 10.1 Å². The summed E-state index contributed by atoms with van der Waals surface area (Å²) in [7, 11) is 1.39. The maximum Gasteiger partial charge on any atom is 0.273 e. The highest BCUT2D eigenvalue weighted by Crippen LogP contribution is 2.38. The number of anilines is 1. The van der Waals surface area contributed by atoms with E-state index in [0.717, 1.165) is 53.5 Å². The molecular weight excluding hydrogens is 424 g/mol. The van der Waals surface area contributed by atoms with Gasteiger partial charge in [0.2, 0.25) is 5.91 Å². The Hall–Kier alpha value is -3.81. The lowest BCUT2D eigenvalue weighted by atomic mass is 9.94. The van der Waals surface area contributed by atoms with Gasteiger partial charge in [-0.3, -0.25) is 14.9 Å². The highest BCUT2D eigenvalue weighted by molar-refractivity contribution is 6.05. The lowest BCUT2D eigenvalue weighted by Gasteiger charge is -2.13. The monoisotopic (exact) mass is 450 g/mol. The van der Waals surface area contributed by atoms with Crippen molar-refractivity contribution in [2.24, 2.45) is 0 Å². The first-order valence-electron chi connectivity index (χ1n) is 10.9. The fourth-order valence-electron chi connectivity index (χ4n) is 4.21. The van der Waals surface area contributed by atoms with E-state index in [1.54, 1.807) is 0 Å². The zero-order valence-electron chi connectivity index (χ0n) is 18.9. The Bertz CT molecular complexity index is 1260. The van der Waals surface area contributed by atoms with Gasteiger partial charge in [-0.1, -0.05) is 0 Å². The van der Waals surface area contributed by atoms with Gasteiger partial charge in [0.25, 0.3) is 5.69 Å². The van der Waals surface area contributed by atoms with Gasteiger partial charge in [-0.25, -0.2) is 0 Å². The number of hydrogen-bond donors (Lipinski definition) is 1. The second-order valence-electron chi connectivity index (χ2n) is 7.95. The van der Waals surface area contributed by atoms with Crippen LogP contribution in [0.15, 0.2) is 40.8 Å². The van der Waals surface area contributed by atoms with Crippen molar-refractivity contribution in [2.75, 3.05) is 19.0 Å². The third-order valence-electron chi connectivity index (χ3n) is 5.78. The summed E-state index contributed by atoms with van der Waals surface area (Å²) in [6.07, 6.45) is 5.68. The van der Waals surface area contributed by atoms with Crippen LogP contribution in [0.5, 0.6) is 11.5 Å². The van der Waals surface area contributed by atoms with Crippen LogP contribution in [0.2, 0.25) is 0 Å². The van der Waals surface area contributed by atoms with E-state index in [4.69, 9.17) is 13.9 Å². The number of methoxy groups -OCH3 is 1. The molecule has 8 nitrogen and oxygen atoms in total. The van der Waals surface area contributed by atoms with Gasteiger partial charge < -0.3 is 19.2 Å². The highest BCUT2D eigenvalue weighted by atomic mass is 16.6. The van der Waals surface area contributed by atoms with Crippen molar-refractivity contribution in [2.45, 2.75) is 39.5 Å². The van der Waals surface area contributed by atoms with Crippen molar-refractivity contribution in [3.63, 3.8) is 0 Å². The summed E-state index contributed by atoms with van der Waals surface area (Å²) >= 11 is 0. The molecule has 0 unspecified atom stereocenters. The van der Waals surface area contributed by atoms with Crippen LogP contribution < -0.4 is 14.8 Å². The van der Waals surface area contributed by atoms with Crippen LogP contribution in [0.3, 0.4) is 0 Å². The minimum atomic E-state index is -0.516. The van der Waals surface area contributed by atoms with Crippen molar-refractivity contribution in [1.82, 2.24) is 0 Å². The quantitative estimate of drug-likeness (QED) is 0.283. The number of carbonyl (C=O) groups is 1. The van der Waals surface area contributed by atoms with Crippen molar-refractivity contribution in [3.05, 3.63) is 63.4 Å². The van der Waals surface area contributed by atoms with Crippen LogP contribution >= 0.6 is 0 Å². The third kappa shape index (κ3) is 4.55. The SMILES string of the molecule is CCOc1cc2oc3c(c2cc1/C(C)=C/C(=O)Nc1ccc([N+](=O)[O-])cc1OC)CCCC3. The molecule has 0 atom stereocenters. The zero-order chi connectivity index (χ0) is 23.5. The molecule has 8 heteroatoms. The molecule has 1 aliphatic carbocycles. The molecule has 1 N–H and O–H groups in total. The van der Waals surface area contributed by atoms with E-state index in [1.165, 1.54) is 36.9 Å². The second kappa shape index (κ2) is 9.36. The maximum atomic E-state index is 12.8. The number of nitrogens with zero attached hydrogens (tertiary/aromatic N) is 1. The number of nitro groups is 1. The molecule has 2 aromatic carbocycles. The number of furan rings is 1. The van der Waals surface area contributed by atoms with Crippen LogP contribution in [-0.4, -0.2) is 24.5 Å². The third-order valence-corrected chi connectivity index (χ3v) is 5.78. The molecule has 33 heavy (non-hydrogen) atoms. The normalized spacial score (nSPS) is 13.5. The van der Waals surface area contributed by atoms with Crippen molar-refractivity contribution < 1.29 is 23.6 Å². The maximum absolute atomic E-state index is 12.8. The zero-order valence-corrected chi connectivity index (χ0v) is 18.9. The number of rotatable bonds is 7. The molecule has 0 saturated heterocycles. The van der Waals surface area contributed by atoms with E-state index in [-0.39, 0.29) is 17.3 Å². The molecule has 0 fully saturated rings. The van der Waals surface area contributed by atoms with Gasteiger partial charge in [0, 0.05) is 41.1 Å². The van der Waals surface area contributed by atoms with Crippen molar-refractivity contribution in [3.8, 4) is 11.5 Å². The summed E-state index contributed by atoms with van der Waals surface area (Å²) in [6.45, 7) is 4.25. The van der Waals surface area contributed by atoms with Crippen LogP contribution in [0.25, 0.3) is 16.5 Å². The van der Waals surface area contributed by atoms with E-state index >= 15 is 0 Å². The number of benzene rings is 2. The van der Waals surface area contributed by atoms with Gasteiger partial charge in [-0.15, -0.1) is 0 Å². The van der Waals surface area contributed by atoms with E-state index in [1.807, 2.05) is 26.0 Å². The van der Waals surface area contributed by atoms with Gasteiger partial charge in [0.05, 0.1) is 30.4 Å². The van der Waals surface area contributed by atoms with Gasteiger partial charge in [0.15, 0.2) is 0 Å². The predicted octanol–water partition coefficient (Wildman–Crippen LogP) is 5.67. The first-order valence-corrected chi connectivity index (χ1v) is 10.9. The Balaban J connectivity index is 1.66. The number of aryl methyl sites for hydroxylation is 2. The molecule has 0 saturated carbocycles. The average molecular weight is 450 g/mol. The number of ether oxygens (including phenoxy) is 2. The molecule has 1 aromatic heterocycles. The van der Waals surface area contributed by atoms with Crippen LogP contribution in [0.4, 0.5) is 11.4 Å². The van der Waals surface area contributed by atoms with Gasteiger partial charge in [0.1, 0.15) is 22.8 Å². The van der Waals surface area contributed by atoms with E-state index in [2.05, 4.69) is 5.32 Å². The Morgan fingerprint density at radius 2 is 2.00 bits per heavy atom. The molecule has 1 heterocycles. The van der Waals surface area contributed by atoms with Crippen LogP contribution in [0.1, 0.15) is 43.6 Å². The van der Waals surface area contributed by atoms with E-state index in [9.17, 15) is 14.9 Å². The molecule has 0 radical (unpaired) electrons. The summed E-state index contributed by atoms with van der Waals surface area (Å²) in [6, 6.07) is 7.99. The van der Waals surface area contributed by atoms with E-state index in [0.29, 0.717) is 18.0 Å². The molecule has 3 aromatic rings. The summed E-state index contributed by atoms with van der Waals surface area (Å²) in [5.41, 5.74) is 3.83. The largest absolute Gasteiger partial charge is 0.494 e. The summed E-state index contributed by atoms with van der Waals surface area (Å²) in [5.74, 6) is 1.53. The van der Waals surface area contributed by atoms with Gasteiger partial charge >= 0.3 is 0 Å². The minimum Gasteiger partial charge on any atom is -0.494 e. The highest BCUT2D eigenvalue weighted by Gasteiger charge is 2.21. The number of carbonyl (C=O) groups excluding carboxylic acids is 1. The Morgan fingerprint density at radius 3 is 2.73 bits per heavy atom. The molecule has 0 aliphatic heterocycles. The summed E-state index contributed by atoms with van der Waals surface area (Å²) < 4.78 is 17.1. The topological polar surface area (TPSA) is 104 Å². The molecule has 1 aliphatic rings. The molecular formula is C25H26N2O6. The molecule has 0 spiro atoms. The molecule has 4 rings (SSSR count). The lowest BCUT2D eigenvalue weighted by molar-refractivity contribution is -0.384. The minimum absolute atomic E-state index is 0.116. The number of fused-ring (bicyclic) bond motifs is 3. The lowest BCUT2D eigenvalue weighted by Crippen LogP contribution is -2.10. The number of amides is 1. The predicted molar refractivity (Wildman–Crippen MR) is 126 cm³/mol. The average Bonchev–Trinajstić information content (AvgIpc) is 3.16. The molecule has 1 amide bonds. The summed E-state index contributed by atoms with van der Waals surface area (Å²) in [4.78, 5) is 23.2. The number of hydrogen-bond acceptors (Lipinski definition) is 6. The van der Waals surface area contributed by atoms with Crippen molar-refractivity contribution in [1.29, 1.82) is 0 Å².